The second kappa shape index (κ2) is 14.0. The number of rotatable bonds is 9. The van der Waals surface area contributed by atoms with Crippen LogP contribution in [0.5, 0.6) is 0 Å². The van der Waals surface area contributed by atoms with Gasteiger partial charge in [-0.1, -0.05) is 146 Å². The van der Waals surface area contributed by atoms with Gasteiger partial charge in [0.25, 0.3) is 0 Å². The lowest BCUT2D eigenvalue weighted by atomic mass is 10.0. The zero-order chi connectivity index (χ0) is 33.7. The van der Waals surface area contributed by atoms with Crippen molar-refractivity contribution >= 4 is 33.2 Å². The van der Waals surface area contributed by atoms with Gasteiger partial charge in [0.05, 0.1) is 11.0 Å². The molecule has 0 aliphatic carbocycles. The summed E-state index contributed by atoms with van der Waals surface area (Å²) in [5.74, 6) is 0. The van der Waals surface area contributed by atoms with Crippen molar-refractivity contribution in [2.24, 2.45) is 0 Å². The molecule has 2 nitrogen and oxygen atoms in total. The van der Waals surface area contributed by atoms with E-state index in [1.165, 1.54) is 49.6 Å². The quantitative estimate of drug-likeness (QED) is 0.142. The third-order valence-electron chi connectivity index (χ3n) is 9.41. The number of aromatic nitrogens is 1. The van der Waals surface area contributed by atoms with Gasteiger partial charge in [-0.05, 0) is 95.8 Å². The van der Waals surface area contributed by atoms with E-state index in [1.54, 1.807) is 0 Å². The molecule has 8 aromatic rings. The number of allylic oxidation sites excluding steroid dienone is 3. The van der Waals surface area contributed by atoms with Crippen molar-refractivity contribution in [3.8, 4) is 27.9 Å². The van der Waals surface area contributed by atoms with Crippen molar-refractivity contribution in [3.05, 3.63) is 211 Å². The van der Waals surface area contributed by atoms with E-state index in [0.717, 1.165) is 29.2 Å². The standard InChI is InChI=1S/C48H38N2/c1-2-41(21-13-17-36-15-5-3-6-16-36)49(42-31-27-38(28-32-42)37-18-7-4-8-19-37)44-22-14-20-40(35-44)39-29-33-43(34-30-39)50-47-25-11-9-23-45(47)46-24-10-12-26-48(46)50/h2-16,18-35H,17H2,1H3/b21-13-,41-2+. The summed E-state index contributed by atoms with van der Waals surface area (Å²) < 4.78 is 2.37. The number of anilines is 2. The molecule has 0 fully saturated rings. The molecule has 7 aromatic carbocycles. The van der Waals surface area contributed by atoms with Crippen LogP contribution in [0.4, 0.5) is 11.4 Å². The number of nitrogens with zero attached hydrogens (tertiary/aromatic N) is 2. The minimum Gasteiger partial charge on any atom is -0.311 e. The number of benzene rings is 7. The fourth-order valence-corrected chi connectivity index (χ4v) is 6.94. The molecule has 1 aromatic heterocycles. The van der Waals surface area contributed by atoms with Crippen molar-refractivity contribution in [3.63, 3.8) is 0 Å². The summed E-state index contributed by atoms with van der Waals surface area (Å²) in [5, 5.41) is 2.55. The molecule has 0 bridgehead atoms. The van der Waals surface area contributed by atoms with Gasteiger partial charge in [-0.25, -0.2) is 0 Å². The van der Waals surface area contributed by atoms with Gasteiger partial charge >= 0.3 is 0 Å². The molecule has 0 amide bonds. The summed E-state index contributed by atoms with van der Waals surface area (Å²) in [5.41, 5.74) is 13.0. The molecule has 0 unspecified atom stereocenters. The van der Waals surface area contributed by atoms with Crippen LogP contribution in [0.15, 0.2) is 206 Å². The first-order valence-electron chi connectivity index (χ1n) is 17.3. The molecule has 0 N–H and O–H groups in total. The molecule has 0 spiro atoms. The molecule has 0 aliphatic rings. The molecule has 240 valence electrons. The van der Waals surface area contributed by atoms with Crippen molar-refractivity contribution in [1.82, 2.24) is 4.57 Å². The highest BCUT2D eigenvalue weighted by molar-refractivity contribution is 6.09. The van der Waals surface area contributed by atoms with E-state index < -0.39 is 0 Å². The predicted molar refractivity (Wildman–Crippen MR) is 213 cm³/mol. The summed E-state index contributed by atoms with van der Waals surface area (Å²) in [6, 6.07) is 65.2. The summed E-state index contributed by atoms with van der Waals surface area (Å²) in [6.45, 7) is 2.12. The second-order valence-corrected chi connectivity index (χ2v) is 12.5. The Hall–Kier alpha value is -6.38. The molecule has 0 radical (unpaired) electrons. The topological polar surface area (TPSA) is 8.17 Å². The average molecular weight is 643 g/mol. The van der Waals surface area contributed by atoms with E-state index in [9.17, 15) is 0 Å². The maximum Gasteiger partial charge on any atom is 0.0541 e. The normalized spacial score (nSPS) is 11.8. The van der Waals surface area contributed by atoms with Crippen LogP contribution in [-0.4, -0.2) is 4.57 Å². The van der Waals surface area contributed by atoms with Gasteiger partial charge in [0.15, 0.2) is 0 Å². The number of fused-ring (bicyclic) bond motifs is 3. The van der Waals surface area contributed by atoms with E-state index in [0.29, 0.717) is 0 Å². The Bertz CT molecular complexity index is 2380. The van der Waals surface area contributed by atoms with Gasteiger partial charge in [-0.2, -0.15) is 0 Å². The highest BCUT2D eigenvalue weighted by atomic mass is 15.1. The maximum atomic E-state index is 2.37. The Labute approximate surface area is 294 Å². The third kappa shape index (κ3) is 6.16. The van der Waals surface area contributed by atoms with Gasteiger partial charge < -0.3 is 9.47 Å². The van der Waals surface area contributed by atoms with Crippen LogP contribution in [0, 0.1) is 0 Å². The average Bonchev–Trinajstić information content (AvgIpc) is 3.53. The fourth-order valence-electron chi connectivity index (χ4n) is 6.94. The number of hydrogen-bond donors (Lipinski definition) is 0. The highest BCUT2D eigenvalue weighted by Crippen LogP contribution is 2.36. The lowest BCUT2D eigenvalue weighted by molar-refractivity contribution is 1.18. The third-order valence-corrected chi connectivity index (χ3v) is 9.41. The minimum atomic E-state index is 0.872. The van der Waals surface area contributed by atoms with Crippen molar-refractivity contribution in [2.45, 2.75) is 13.3 Å². The largest absolute Gasteiger partial charge is 0.311 e. The molecule has 0 aliphatic heterocycles. The molecular formula is C48H38N2. The van der Waals surface area contributed by atoms with E-state index in [2.05, 4.69) is 217 Å². The van der Waals surface area contributed by atoms with E-state index in [4.69, 9.17) is 0 Å². The fraction of sp³-hybridized carbons (Fsp3) is 0.0417. The molecule has 0 atom stereocenters. The van der Waals surface area contributed by atoms with Gasteiger partial charge in [-0.15, -0.1) is 0 Å². The zero-order valence-electron chi connectivity index (χ0n) is 28.2. The SMILES string of the molecule is C/C=C(\C=C/Cc1ccccc1)N(c1ccc(-c2ccccc2)cc1)c1cccc(-c2ccc(-n3c4ccccc4c4ccccc43)cc2)c1. The first-order chi connectivity index (χ1) is 24.8. The molecule has 0 saturated carbocycles. The Morgan fingerprint density at radius 2 is 1.04 bits per heavy atom. The van der Waals surface area contributed by atoms with Crippen LogP contribution >= 0.6 is 0 Å². The van der Waals surface area contributed by atoms with Gasteiger partial charge in [0, 0.05) is 33.5 Å². The Balaban J connectivity index is 1.15. The number of hydrogen-bond acceptors (Lipinski definition) is 1. The number of para-hydroxylation sites is 2. The lowest BCUT2D eigenvalue weighted by Gasteiger charge is -2.27. The second-order valence-electron chi connectivity index (χ2n) is 12.5. The monoisotopic (exact) mass is 642 g/mol. The van der Waals surface area contributed by atoms with Crippen LogP contribution in [0.2, 0.25) is 0 Å². The molecule has 0 saturated heterocycles. The maximum absolute atomic E-state index is 2.37. The summed E-state index contributed by atoms with van der Waals surface area (Å²) in [7, 11) is 0. The molecule has 2 heteroatoms. The van der Waals surface area contributed by atoms with E-state index in [-0.39, 0.29) is 0 Å². The van der Waals surface area contributed by atoms with Gasteiger partial charge in [0.2, 0.25) is 0 Å². The summed E-state index contributed by atoms with van der Waals surface area (Å²) in [4.78, 5) is 2.35. The van der Waals surface area contributed by atoms with Crippen LogP contribution in [0.3, 0.4) is 0 Å². The highest BCUT2D eigenvalue weighted by Gasteiger charge is 2.15. The molecule has 8 rings (SSSR count). The van der Waals surface area contributed by atoms with Crippen LogP contribution in [-0.2, 0) is 6.42 Å². The Morgan fingerprint density at radius 1 is 0.500 bits per heavy atom. The Kier molecular flexibility index (Phi) is 8.66. The molecular weight excluding hydrogens is 605 g/mol. The lowest BCUT2D eigenvalue weighted by Crippen LogP contribution is -2.15. The van der Waals surface area contributed by atoms with Crippen LogP contribution < -0.4 is 4.90 Å². The van der Waals surface area contributed by atoms with Crippen LogP contribution in [0.1, 0.15) is 12.5 Å². The van der Waals surface area contributed by atoms with E-state index >= 15 is 0 Å². The molecule has 50 heavy (non-hydrogen) atoms. The zero-order valence-corrected chi connectivity index (χ0v) is 28.2. The smallest absolute Gasteiger partial charge is 0.0541 e. The van der Waals surface area contributed by atoms with E-state index in [1.807, 2.05) is 0 Å². The first kappa shape index (κ1) is 30.9. The van der Waals surface area contributed by atoms with Gasteiger partial charge in [0.1, 0.15) is 0 Å². The Morgan fingerprint density at radius 3 is 1.70 bits per heavy atom. The predicted octanol–water partition coefficient (Wildman–Crippen LogP) is 13.0. The minimum absolute atomic E-state index is 0.872. The van der Waals surface area contributed by atoms with Crippen molar-refractivity contribution < 1.29 is 0 Å². The van der Waals surface area contributed by atoms with Crippen molar-refractivity contribution in [1.29, 1.82) is 0 Å². The van der Waals surface area contributed by atoms with Gasteiger partial charge in [-0.3, -0.25) is 0 Å². The molecule has 1 heterocycles. The summed E-state index contributed by atoms with van der Waals surface area (Å²) in [6.07, 6.45) is 7.57. The summed E-state index contributed by atoms with van der Waals surface area (Å²) >= 11 is 0. The van der Waals surface area contributed by atoms with Crippen LogP contribution in [0.25, 0.3) is 49.7 Å². The van der Waals surface area contributed by atoms with Crippen molar-refractivity contribution in [2.75, 3.05) is 4.90 Å². The first-order valence-corrected chi connectivity index (χ1v) is 17.3.